The number of ether oxygens (including phenoxy) is 2. The predicted octanol–water partition coefficient (Wildman–Crippen LogP) is 2.62. The zero-order valence-corrected chi connectivity index (χ0v) is 17.8. The van der Waals surface area contributed by atoms with Gasteiger partial charge in [0.25, 0.3) is 5.56 Å². The normalized spacial score (nSPS) is 24.7. The van der Waals surface area contributed by atoms with Crippen molar-refractivity contribution < 1.29 is 37.3 Å². The standard InChI is InChI=1S/C22H20F3N3O6/c1-8-4-9-5-10(28-6-12-13(7-28)15(12)26)2-3-11(9)16-14(8)17(33-20(30)22(23,24)25)18(19(29)27-16)34-21(31)32/h2-3,5,8,12-13,15H,4,6-7,26H2,1H3,(H,27,29)(H,31,32)/t8?,12-,13+,15?. The lowest BCUT2D eigenvalue weighted by Crippen LogP contribution is -2.31. The molecule has 4 atom stereocenters. The van der Waals surface area contributed by atoms with E-state index in [-0.39, 0.29) is 17.3 Å². The molecule has 2 unspecified atom stereocenters. The average Bonchev–Trinajstić information content (AvgIpc) is 3.15. The maximum atomic E-state index is 12.9. The van der Waals surface area contributed by atoms with E-state index in [0.29, 0.717) is 23.8 Å². The number of hydrogen-bond donors (Lipinski definition) is 3. The van der Waals surface area contributed by atoms with Gasteiger partial charge in [-0.15, -0.1) is 0 Å². The van der Waals surface area contributed by atoms with E-state index in [4.69, 9.17) is 10.8 Å². The minimum absolute atomic E-state index is 0.0575. The van der Waals surface area contributed by atoms with Crippen molar-refractivity contribution in [1.29, 1.82) is 0 Å². The molecule has 2 aromatic rings. The van der Waals surface area contributed by atoms with Crippen LogP contribution in [0, 0.1) is 11.8 Å². The maximum Gasteiger partial charge on any atom is 0.511 e. The Morgan fingerprint density at radius 1 is 1.18 bits per heavy atom. The number of esters is 1. The van der Waals surface area contributed by atoms with E-state index < -0.39 is 41.3 Å². The third-order valence-electron chi connectivity index (χ3n) is 6.78. The fourth-order valence-electron chi connectivity index (χ4n) is 5.10. The van der Waals surface area contributed by atoms with Crippen molar-refractivity contribution in [3.8, 4) is 22.8 Å². The molecule has 2 heterocycles. The maximum absolute atomic E-state index is 12.9. The Morgan fingerprint density at radius 3 is 2.47 bits per heavy atom. The number of halogens is 3. The number of piperidine rings is 1. The summed E-state index contributed by atoms with van der Waals surface area (Å²) >= 11 is 0. The van der Waals surface area contributed by atoms with E-state index in [0.717, 1.165) is 24.3 Å². The van der Waals surface area contributed by atoms with Gasteiger partial charge in [-0.3, -0.25) is 4.79 Å². The number of nitrogens with zero attached hydrogens (tertiary/aromatic N) is 1. The van der Waals surface area contributed by atoms with Crippen LogP contribution in [-0.2, 0) is 11.2 Å². The van der Waals surface area contributed by atoms with E-state index >= 15 is 0 Å². The molecule has 0 radical (unpaired) electrons. The fourth-order valence-corrected chi connectivity index (χ4v) is 5.10. The Morgan fingerprint density at radius 2 is 1.85 bits per heavy atom. The van der Waals surface area contributed by atoms with Gasteiger partial charge in [0, 0.05) is 35.9 Å². The molecule has 180 valence electrons. The first kappa shape index (κ1) is 22.3. The van der Waals surface area contributed by atoms with Crippen LogP contribution in [0.15, 0.2) is 23.0 Å². The molecule has 1 saturated heterocycles. The Labute approximate surface area is 190 Å². The summed E-state index contributed by atoms with van der Waals surface area (Å²) in [4.78, 5) is 40.0. The summed E-state index contributed by atoms with van der Waals surface area (Å²) in [5.74, 6) is -4.03. The van der Waals surface area contributed by atoms with E-state index in [1.807, 2.05) is 12.1 Å². The number of nitrogens with one attached hydrogen (secondary N) is 1. The second-order valence-corrected chi connectivity index (χ2v) is 8.91. The van der Waals surface area contributed by atoms with Crippen LogP contribution in [0.1, 0.15) is 24.0 Å². The van der Waals surface area contributed by atoms with E-state index in [9.17, 15) is 27.6 Å². The van der Waals surface area contributed by atoms with Gasteiger partial charge in [0.15, 0.2) is 5.75 Å². The number of anilines is 1. The van der Waals surface area contributed by atoms with Gasteiger partial charge < -0.3 is 30.2 Å². The molecule has 3 aliphatic rings. The van der Waals surface area contributed by atoms with Crippen LogP contribution in [0.3, 0.4) is 0 Å². The summed E-state index contributed by atoms with van der Waals surface area (Å²) in [5, 5.41) is 8.96. The minimum atomic E-state index is -5.36. The minimum Gasteiger partial charge on any atom is -0.449 e. The number of hydrogen-bond acceptors (Lipinski definition) is 7. The van der Waals surface area contributed by atoms with Crippen LogP contribution >= 0.6 is 0 Å². The highest BCUT2D eigenvalue weighted by Crippen LogP contribution is 2.48. The molecule has 0 bridgehead atoms. The number of aromatic nitrogens is 1. The van der Waals surface area contributed by atoms with Crippen LogP contribution in [0.4, 0.5) is 23.7 Å². The molecule has 1 aromatic carbocycles. The summed E-state index contributed by atoms with van der Waals surface area (Å²) in [6.45, 7) is 3.37. The zero-order valence-electron chi connectivity index (χ0n) is 17.8. The van der Waals surface area contributed by atoms with E-state index in [1.165, 1.54) is 0 Å². The SMILES string of the molecule is CC1Cc2cc(N3C[C@@H]4C(N)[C@@H]4C3)ccc2-c2[nH]c(=O)c(OC(=O)O)c(OC(=O)C(F)(F)F)c21. The lowest BCUT2D eigenvalue weighted by molar-refractivity contribution is -0.189. The van der Waals surface area contributed by atoms with Gasteiger partial charge in [0.2, 0.25) is 5.75 Å². The van der Waals surface area contributed by atoms with Crippen LogP contribution in [0.2, 0.25) is 0 Å². The lowest BCUT2D eigenvalue weighted by atomic mass is 9.81. The first-order chi connectivity index (χ1) is 16.0. The second kappa shape index (κ2) is 7.49. The number of pyridine rings is 1. The number of fused-ring (bicyclic) bond motifs is 4. The van der Waals surface area contributed by atoms with Crippen LogP contribution < -0.4 is 25.7 Å². The Hall–Kier alpha value is -3.54. The lowest BCUT2D eigenvalue weighted by Gasteiger charge is -2.29. The Bertz CT molecular complexity index is 1260. The fraction of sp³-hybridized carbons (Fsp3) is 0.409. The van der Waals surface area contributed by atoms with Crippen LogP contribution in [0.5, 0.6) is 11.5 Å². The van der Waals surface area contributed by atoms with E-state index in [1.54, 1.807) is 13.0 Å². The van der Waals surface area contributed by atoms with Gasteiger partial charge in [0.1, 0.15) is 0 Å². The van der Waals surface area contributed by atoms with Crippen molar-refractivity contribution >= 4 is 17.8 Å². The molecule has 2 aliphatic carbocycles. The number of benzene rings is 1. The number of rotatable bonds is 3. The highest BCUT2D eigenvalue weighted by atomic mass is 19.4. The smallest absolute Gasteiger partial charge is 0.449 e. The van der Waals surface area contributed by atoms with Crippen molar-refractivity contribution in [2.75, 3.05) is 18.0 Å². The third kappa shape index (κ3) is 3.58. The second-order valence-electron chi connectivity index (χ2n) is 8.91. The molecule has 5 rings (SSSR count). The molecule has 34 heavy (non-hydrogen) atoms. The summed E-state index contributed by atoms with van der Waals surface area (Å²) in [6, 6.07) is 5.79. The molecule has 1 aromatic heterocycles. The van der Waals surface area contributed by atoms with Gasteiger partial charge >= 0.3 is 18.3 Å². The monoisotopic (exact) mass is 479 g/mol. The number of H-pyrrole nitrogens is 1. The summed E-state index contributed by atoms with van der Waals surface area (Å²) < 4.78 is 47.7. The Balaban J connectivity index is 1.59. The number of aromatic amines is 1. The van der Waals surface area contributed by atoms with Gasteiger partial charge in [0.05, 0.1) is 5.69 Å². The van der Waals surface area contributed by atoms with Crippen molar-refractivity contribution in [2.45, 2.75) is 31.5 Å². The number of carbonyl (C=O) groups excluding carboxylic acids is 1. The zero-order chi connectivity index (χ0) is 24.5. The summed E-state index contributed by atoms with van der Waals surface area (Å²) in [6.07, 6.45) is -6.95. The first-order valence-corrected chi connectivity index (χ1v) is 10.6. The summed E-state index contributed by atoms with van der Waals surface area (Å²) in [7, 11) is 0. The number of alkyl halides is 3. The van der Waals surface area contributed by atoms with Crippen molar-refractivity contribution in [3.05, 3.63) is 39.7 Å². The molecule has 12 heteroatoms. The number of carboxylic acid groups (broad SMARTS) is 1. The highest BCUT2D eigenvalue weighted by molar-refractivity contribution is 5.83. The average molecular weight is 479 g/mol. The van der Waals surface area contributed by atoms with Gasteiger partial charge in [-0.25, -0.2) is 9.59 Å². The largest absolute Gasteiger partial charge is 0.511 e. The topological polar surface area (TPSA) is 135 Å². The molecule has 4 N–H and O–H groups in total. The summed E-state index contributed by atoms with van der Waals surface area (Å²) in [5.41, 5.74) is 7.45. The van der Waals surface area contributed by atoms with E-state index in [2.05, 4.69) is 19.4 Å². The number of carbonyl (C=O) groups is 2. The predicted molar refractivity (Wildman–Crippen MR) is 112 cm³/mol. The molecular formula is C22H20F3N3O6. The molecule has 1 saturated carbocycles. The van der Waals surface area contributed by atoms with Crippen LogP contribution in [-0.4, -0.2) is 47.5 Å². The van der Waals surface area contributed by atoms with Crippen LogP contribution in [0.25, 0.3) is 11.3 Å². The molecule has 2 fully saturated rings. The highest BCUT2D eigenvalue weighted by Gasteiger charge is 2.53. The van der Waals surface area contributed by atoms with Gasteiger partial charge in [-0.2, -0.15) is 13.2 Å². The van der Waals surface area contributed by atoms with Crippen molar-refractivity contribution in [3.63, 3.8) is 0 Å². The molecule has 9 nitrogen and oxygen atoms in total. The number of nitrogens with two attached hydrogens (primary N) is 1. The Kier molecular flexibility index (Phi) is 4.90. The van der Waals surface area contributed by atoms with Crippen molar-refractivity contribution in [1.82, 2.24) is 4.98 Å². The van der Waals surface area contributed by atoms with Gasteiger partial charge in [-0.05, 0) is 41.9 Å². The molecule has 0 amide bonds. The van der Waals surface area contributed by atoms with Gasteiger partial charge in [-0.1, -0.05) is 13.0 Å². The molecule has 0 spiro atoms. The molecule has 1 aliphatic heterocycles. The molecular weight excluding hydrogens is 459 g/mol. The first-order valence-electron chi connectivity index (χ1n) is 10.6. The third-order valence-corrected chi connectivity index (χ3v) is 6.78. The van der Waals surface area contributed by atoms with Crippen molar-refractivity contribution in [2.24, 2.45) is 17.6 Å². The quantitative estimate of drug-likeness (QED) is 0.572.